The van der Waals surface area contributed by atoms with E-state index in [1.54, 1.807) is 30.3 Å². The van der Waals surface area contributed by atoms with E-state index in [-0.39, 0.29) is 5.56 Å². The molecule has 0 atom stereocenters. The molecule has 19 heavy (non-hydrogen) atoms. The molecule has 1 aliphatic carbocycles. The number of hydrogen-bond acceptors (Lipinski definition) is 3. The van der Waals surface area contributed by atoms with Gasteiger partial charge in [0.2, 0.25) is 0 Å². The summed E-state index contributed by atoms with van der Waals surface area (Å²) in [5.41, 5.74) is 1.50. The first-order valence-electron chi connectivity index (χ1n) is 6.46. The van der Waals surface area contributed by atoms with Gasteiger partial charge in [-0.25, -0.2) is 4.79 Å². The van der Waals surface area contributed by atoms with Gasteiger partial charge in [0.1, 0.15) is 11.3 Å². The SMILES string of the molecule is Cn1cc(-c2nn(C3CCCC3)cc2C(=O)O)cn1. The number of rotatable bonds is 3. The first-order chi connectivity index (χ1) is 9.15. The molecule has 2 heterocycles. The molecule has 1 saturated carbocycles. The second-order valence-corrected chi connectivity index (χ2v) is 5.02. The van der Waals surface area contributed by atoms with Crippen molar-refractivity contribution in [1.29, 1.82) is 0 Å². The van der Waals surface area contributed by atoms with Gasteiger partial charge in [0.25, 0.3) is 0 Å². The van der Waals surface area contributed by atoms with Crippen LogP contribution in [-0.2, 0) is 7.05 Å². The van der Waals surface area contributed by atoms with Crippen LogP contribution in [0.25, 0.3) is 11.3 Å². The first-order valence-corrected chi connectivity index (χ1v) is 6.46. The van der Waals surface area contributed by atoms with Crippen molar-refractivity contribution in [3.8, 4) is 11.3 Å². The van der Waals surface area contributed by atoms with Crippen LogP contribution in [0.15, 0.2) is 18.6 Å². The average molecular weight is 260 g/mol. The molecular formula is C13H16N4O2. The van der Waals surface area contributed by atoms with Gasteiger partial charge in [0.15, 0.2) is 0 Å². The Kier molecular flexibility index (Phi) is 2.85. The highest BCUT2D eigenvalue weighted by molar-refractivity contribution is 5.94. The zero-order chi connectivity index (χ0) is 13.4. The molecule has 0 unspecified atom stereocenters. The molecule has 0 spiro atoms. The number of carboxylic acid groups (broad SMARTS) is 1. The minimum absolute atomic E-state index is 0.250. The van der Waals surface area contributed by atoms with Gasteiger partial charge in [0.05, 0.1) is 12.2 Å². The fraction of sp³-hybridized carbons (Fsp3) is 0.462. The molecule has 0 bridgehead atoms. The Morgan fingerprint density at radius 2 is 2.11 bits per heavy atom. The molecule has 0 amide bonds. The smallest absolute Gasteiger partial charge is 0.339 e. The summed E-state index contributed by atoms with van der Waals surface area (Å²) < 4.78 is 3.47. The van der Waals surface area contributed by atoms with Crippen molar-refractivity contribution in [2.75, 3.05) is 0 Å². The summed E-state index contributed by atoms with van der Waals surface area (Å²) in [6.45, 7) is 0. The molecule has 0 radical (unpaired) electrons. The van der Waals surface area contributed by atoms with E-state index in [1.165, 1.54) is 12.8 Å². The first kappa shape index (κ1) is 12.0. The normalized spacial score (nSPS) is 16.1. The van der Waals surface area contributed by atoms with Gasteiger partial charge in [-0.05, 0) is 12.8 Å². The van der Waals surface area contributed by atoms with Crippen LogP contribution in [0.1, 0.15) is 42.1 Å². The van der Waals surface area contributed by atoms with Gasteiger partial charge in [-0.15, -0.1) is 0 Å². The van der Waals surface area contributed by atoms with Crippen LogP contribution >= 0.6 is 0 Å². The Labute approximate surface area is 110 Å². The highest BCUT2D eigenvalue weighted by Crippen LogP contribution is 2.31. The molecule has 1 fully saturated rings. The van der Waals surface area contributed by atoms with Crippen molar-refractivity contribution in [3.63, 3.8) is 0 Å². The third-order valence-electron chi connectivity index (χ3n) is 3.64. The van der Waals surface area contributed by atoms with Crippen LogP contribution < -0.4 is 0 Å². The highest BCUT2D eigenvalue weighted by atomic mass is 16.4. The molecular weight excluding hydrogens is 244 g/mol. The van der Waals surface area contributed by atoms with Crippen LogP contribution in [0.4, 0.5) is 0 Å². The largest absolute Gasteiger partial charge is 0.478 e. The Bertz CT molecular complexity index is 608. The fourth-order valence-electron chi connectivity index (χ4n) is 2.66. The summed E-state index contributed by atoms with van der Waals surface area (Å²) in [4.78, 5) is 11.3. The maximum Gasteiger partial charge on any atom is 0.339 e. The Morgan fingerprint density at radius 3 is 2.68 bits per heavy atom. The van der Waals surface area contributed by atoms with Gasteiger partial charge >= 0.3 is 5.97 Å². The summed E-state index contributed by atoms with van der Waals surface area (Å²) in [6.07, 6.45) is 9.62. The van der Waals surface area contributed by atoms with Crippen molar-refractivity contribution in [1.82, 2.24) is 19.6 Å². The van der Waals surface area contributed by atoms with E-state index in [9.17, 15) is 9.90 Å². The van der Waals surface area contributed by atoms with Crippen molar-refractivity contribution in [3.05, 3.63) is 24.2 Å². The maximum atomic E-state index is 11.3. The summed E-state index contributed by atoms with van der Waals surface area (Å²) in [6, 6.07) is 0.337. The average Bonchev–Trinajstić information content (AvgIpc) is 3.07. The van der Waals surface area contributed by atoms with Gasteiger partial charge in [-0.3, -0.25) is 9.36 Å². The number of aryl methyl sites for hydroxylation is 1. The molecule has 100 valence electrons. The quantitative estimate of drug-likeness (QED) is 0.917. The highest BCUT2D eigenvalue weighted by Gasteiger charge is 2.23. The van der Waals surface area contributed by atoms with Crippen molar-refractivity contribution < 1.29 is 9.90 Å². The van der Waals surface area contributed by atoms with E-state index in [0.717, 1.165) is 18.4 Å². The Morgan fingerprint density at radius 1 is 1.37 bits per heavy atom. The molecule has 1 aliphatic rings. The Balaban J connectivity index is 2.04. The van der Waals surface area contributed by atoms with Crippen molar-refractivity contribution in [2.24, 2.45) is 7.05 Å². The van der Waals surface area contributed by atoms with Crippen LogP contribution in [-0.4, -0.2) is 30.6 Å². The molecule has 3 rings (SSSR count). The van der Waals surface area contributed by atoms with Crippen molar-refractivity contribution in [2.45, 2.75) is 31.7 Å². The standard InChI is InChI=1S/C13H16N4O2/c1-16-7-9(6-14-16)12-11(13(18)19)8-17(15-12)10-4-2-3-5-10/h6-8,10H,2-5H2,1H3,(H,18,19). The number of nitrogens with zero attached hydrogens (tertiary/aromatic N) is 4. The lowest BCUT2D eigenvalue weighted by molar-refractivity contribution is 0.0697. The third kappa shape index (κ3) is 2.14. The number of carboxylic acids is 1. The lowest BCUT2D eigenvalue weighted by Crippen LogP contribution is -2.05. The molecule has 0 aromatic carbocycles. The van der Waals surface area contributed by atoms with E-state index in [1.807, 2.05) is 4.68 Å². The van der Waals surface area contributed by atoms with Gasteiger partial charge in [0, 0.05) is 25.0 Å². The lowest BCUT2D eigenvalue weighted by Gasteiger charge is -2.08. The zero-order valence-electron chi connectivity index (χ0n) is 10.8. The van der Waals surface area contributed by atoms with Crippen LogP contribution in [0, 0.1) is 0 Å². The van der Waals surface area contributed by atoms with E-state index in [4.69, 9.17) is 0 Å². The Hall–Kier alpha value is -2.11. The van der Waals surface area contributed by atoms with Gasteiger partial charge in [-0.2, -0.15) is 10.2 Å². The number of aromatic nitrogens is 4. The van der Waals surface area contributed by atoms with E-state index in [2.05, 4.69) is 10.2 Å². The number of hydrogen-bond donors (Lipinski definition) is 1. The van der Waals surface area contributed by atoms with Crippen LogP contribution in [0.5, 0.6) is 0 Å². The van der Waals surface area contributed by atoms with Gasteiger partial charge in [-0.1, -0.05) is 12.8 Å². The summed E-state index contributed by atoms with van der Waals surface area (Å²) in [5.74, 6) is -0.942. The monoisotopic (exact) mass is 260 g/mol. The number of aromatic carboxylic acids is 1. The second-order valence-electron chi connectivity index (χ2n) is 5.02. The summed E-state index contributed by atoms with van der Waals surface area (Å²) in [7, 11) is 1.80. The topological polar surface area (TPSA) is 72.9 Å². The van der Waals surface area contributed by atoms with E-state index in [0.29, 0.717) is 11.7 Å². The zero-order valence-corrected chi connectivity index (χ0v) is 10.8. The van der Waals surface area contributed by atoms with E-state index >= 15 is 0 Å². The molecule has 2 aromatic rings. The van der Waals surface area contributed by atoms with Crippen LogP contribution in [0.2, 0.25) is 0 Å². The minimum Gasteiger partial charge on any atom is -0.478 e. The predicted octanol–water partition coefficient (Wildman–Crippen LogP) is 2.10. The molecule has 1 N–H and O–H groups in total. The minimum atomic E-state index is -0.942. The molecule has 0 aliphatic heterocycles. The van der Waals surface area contributed by atoms with Gasteiger partial charge < -0.3 is 5.11 Å². The predicted molar refractivity (Wildman–Crippen MR) is 68.9 cm³/mol. The molecule has 6 heteroatoms. The summed E-state index contributed by atoms with van der Waals surface area (Å²) in [5, 5.41) is 17.9. The summed E-state index contributed by atoms with van der Waals surface area (Å²) >= 11 is 0. The molecule has 6 nitrogen and oxygen atoms in total. The maximum absolute atomic E-state index is 11.3. The van der Waals surface area contributed by atoms with Crippen molar-refractivity contribution >= 4 is 5.97 Å². The third-order valence-corrected chi connectivity index (χ3v) is 3.64. The van der Waals surface area contributed by atoms with E-state index < -0.39 is 5.97 Å². The molecule has 0 saturated heterocycles. The number of carbonyl (C=O) groups is 1. The fourth-order valence-corrected chi connectivity index (χ4v) is 2.66. The lowest BCUT2D eigenvalue weighted by atomic mass is 10.1. The molecule has 2 aromatic heterocycles. The second kappa shape index (κ2) is 4.53. The van der Waals surface area contributed by atoms with Crippen LogP contribution in [0.3, 0.4) is 0 Å².